The van der Waals surface area contributed by atoms with Crippen molar-refractivity contribution < 1.29 is 18.3 Å². The number of aliphatic carboxylic acids is 1. The van der Waals surface area contributed by atoms with Crippen LogP contribution in [0.2, 0.25) is 0 Å². The van der Waals surface area contributed by atoms with Gasteiger partial charge in [-0.1, -0.05) is 0 Å². The summed E-state index contributed by atoms with van der Waals surface area (Å²) in [5.74, 6) is -1.48. The van der Waals surface area contributed by atoms with Crippen LogP contribution in [0, 0.1) is 0 Å². The molecule has 0 saturated carbocycles. The number of hydrogen-bond donors (Lipinski definition) is 2. The zero-order valence-electron chi connectivity index (χ0n) is 6.81. The third-order valence-corrected chi connectivity index (χ3v) is 2.70. The summed E-state index contributed by atoms with van der Waals surface area (Å²) in [6.07, 6.45) is 1.05. The van der Waals surface area contributed by atoms with E-state index in [0.717, 1.165) is 6.08 Å². The van der Waals surface area contributed by atoms with E-state index in [4.69, 9.17) is 5.11 Å². The van der Waals surface area contributed by atoms with Crippen LogP contribution >= 0.6 is 0 Å². The molecular weight excluding hydrogens is 196 g/mol. The van der Waals surface area contributed by atoms with Crippen LogP contribution < -0.4 is 5.32 Å². The third-order valence-electron chi connectivity index (χ3n) is 1.38. The Kier molecular flexibility index (Phi) is 2.48. The summed E-state index contributed by atoms with van der Waals surface area (Å²) in [5, 5.41) is 11.2. The lowest BCUT2D eigenvalue weighted by atomic mass is 10.3. The maximum atomic E-state index is 11.0. The highest BCUT2D eigenvalue weighted by Gasteiger charge is 2.29. The highest BCUT2D eigenvalue weighted by Crippen LogP contribution is 2.16. The third kappa shape index (κ3) is 1.93. The molecule has 0 aliphatic carbocycles. The van der Waals surface area contributed by atoms with E-state index in [1.807, 2.05) is 0 Å². The van der Waals surface area contributed by atoms with E-state index in [-0.39, 0.29) is 12.3 Å². The summed E-state index contributed by atoms with van der Waals surface area (Å²) >= 11 is 0. The van der Waals surface area contributed by atoms with E-state index >= 15 is 0 Å². The molecule has 0 saturated heterocycles. The minimum absolute atomic E-state index is 0.208. The highest BCUT2D eigenvalue weighted by atomic mass is 32.2. The number of carboxylic acid groups (broad SMARTS) is 1. The SMILES string of the molecule is CNCC1=NS(=O)(=O)C(C(=O)O)=C1. The maximum Gasteiger partial charge on any atom is 0.349 e. The van der Waals surface area contributed by atoms with Crippen molar-refractivity contribution >= 4 is 21.7 Å². The largest absolute Gasteiger partial charge is 0.477 e. The second-order valence-corrected chi connectivity index (χ2v) is 3.97. The first-order valence-electron chi connectivity index (χ1n) is 3.41. The van der Waals surface area contributed by atoms with Crippen LogP contribution in [0.5, 0.6) is 0 Å². The molecule has 6 nitrogen and oxygen atoms in total. The lowest BCUT2D eigenvalue weighted by molar-refractivity contribution is -0.131. The number of rotatable bonds is 3. The Morgan fingerprint density at radius 2 is 2.31 bits per heavy atom. The minimum atomic E-state index is -3.95. The van der Waals surface area contributed by atoms with E-state index in [9.17, 15) is 13.2 Å². The van der Waals surface area contributed by atoms with Crippen LogP contribution in [-0.2, 0) is 14.8 Å². The van der Waals surface area contributed by atoms with Crippen LogP contribution in [-0.4, -0.2) is 38.8 Å². The Labute approximate surface area is 75.0 Å². The molecule has 7 heteroatoms. The van der Waals surface area contributed by atoms with Crippen molar-refractivity contribution in [1.29, 1.82) is 0 Å². The van der Waals surface area contributed by atoms with Crippen molar-refractivity contribution in [2.75, 3.05) is 13.6 Å². The molecule has 0 aromatic carbocycles. The van der Waals surface area contributed by atoms with Gasteiger partial charge in [-0.25, -0.2) is 4.79 Å². The molecular formula is C6H8N2O4S. The van der Waals surface area contributed by atoms with Gasteiger partial charge in [-0.15, -0.1) is 0 Å². The van der Waals surface area contributed by atoms with Gasteiger partial charge in [0.2, 0.25) is 0 Å². The number of sulfonamides is 1. The summed E-state index contributed by atoms with van der Waals surface area (Å²) in [7, 11) is -2.34. The standard InChI is InChI=1S/C6H8N2O4S/c1-7-3-4-2-5(6(9)10)13(11,12)8-4/h2,7H,3H2,1H3,(H,9,10). The molecule has 1 heterocycles. The molecule has 0 atom stereocenters. The van der Waals surface area contributed by atoms with Crippen molar-refractivity contribution in [3.63, 3.8) is 0 Å². The van der Waals surface area contributed by atoms with Crippen molar-refractivity contribution in [1.82, 2.24) is 5.32 Å². The molecule has 0 unspecified atom stereocenters. The first-order valence-corrected chi connectivity index (χ1v) is 4.85. The first-order chi connectivity index (χ1) is 5.97. The second kappa shape index (κ2) is 3.27. The van der Waals surface area contributed by atoms with Gasteiger partial charge >= 0.3 is 5.97 Å². The fourth-order valence-corrected chi connectivity index (χ4v) is 1.92. The predicted molar refractivity (Wildman–Crippen MR) is 46.0 cm³/mol. The zero-order valence-corrected chi connectivity index (χ0v) is 7.63. The topological polar surface area (TPSA) is 95.8 Å². The second-order valence-electron chi connectivity index (χ2n) is 2.40. The first kappa shape index (κ1) is 9.87. The van der Waals surface area contributed by atoms with Gasteiger partial charge in [-0.05, 0) is 13.1 Å². The fraction of sp³-hybridized carbons (Fsp3) is 0.333. The average molecular weight is 204 g/mol. The number of carboxylic acids is 1. The van der Waals surface area contributed by atoms with Crippen LogP contribution in [0.1, 0.15) is 0 Å². The number of carbonyl (C=O) groups is 1. The number of nitrogens with one attached hydrogen (secondary N) is 1. The maximum absolute atomic E-state index is 11.0. The Morgan fingerprint density at radius 3 is 2.69 bits per heavy atom. The summed E-state index contributed by atoms with van der Waals surface area (Å²) in [5.41, 5.74) is 0.208. The van der Waals surface area contributed by atoms with Gasteiger partial charge in [-0.3, -0.25) is 0 Å². The Morgan fingerprint density at radius 1 is 1.69 bits per heavy atom. The van der Waals surface area contributed by atoms with E-state index in [0.29, 0.717) is 0 Å². The Balaban J connectivity index is 3.05. The van der Waals surface area contributed by atoms with Gasteiger partial charge in [0.1, 0.15) is 0 Å². The normalized spacial score (nSPS) is 19.5. The quantitative estimate of drug-likeness (QED) is 0.612. The van der Waals surface area contributed by atoms with E-state index < -0.39 is 20.9 Å². The smallest absolute Gasteiger partial charge is 0.349 e. The van der Waals surface area contributed by atoms with E-state index in [1.165, 1.54) is 0 Å². The fourth-order valence-electron chi connectivity index (χ4n) is 0.892. The van der Waals surface area contributed by atoms with Crippen LogP contribution in [0.3, 0.4) is 0 Å². The van der Waals surface area contributed by atoms with Gasteiger partial charge in [0.15, 0.2) is 4.91 Å². The highest BCUT2D eigenvalue weighted by molar-refractivity contribution is 7.95. The molecule has 0 spiro atoms. The van der Waals surface area contributed by atoms with Gasteiger partial charge in [0.25, 0.3) is 10.0 Å². The lowest BCUT2D eigenvalue weighted by Crippen LogP contribution is -2.15. The molecule has 1 aliphatic rings. The van der Waals surface area contributed by atoms with Crippen LogP contribution in [0.15, 0.2) is 15.4 Å². The molecule has 72 valence electrons. The molecule has 0 radical (unpaired) electrons. The molecule has 2 N–H and O–H groups in total. The monoisotopic (exact) mass is 204 g/mol. The summed E-state index contributed by atoms with van der Waals surface area (Å²) < 4.78 is 25.3. The number of nitrogens with zero attached hydrogens (tertiary/aromatic N) is 1. The molecule has 0 aromatic heterocycles. The zero-order chi connectivity index (χ0) is 10.1. The lowest BCUT2D eigenvalue weighted by Gasteiger charge is -1.90. The van der Waals surface area contributed by atoms with Gasteiger partial charge in [0.05, 0.1) is 5.71 Å². The molecule has 1 aliphatic heterocycles. The van der Waals surface area contributed by atoms with Crippen molar-refractivity contribution in [3.05, 3.63) is 11.0 Å². The summed E-state index contributed by atoms with van der Waals surface area (Å²) in [6.45, 7) is 0.232. The number of hydrogen-bond acceptors (Lipinski definition) is 4. The van der Waals surface area contributed by atoms with Gasteiger partial charge < -0.3 is 10.4 Å². The molecule has 1 rings (SSSR count). The van der Waals surface area contributed by atoms with Crippen molar-refractivity contribution in [2.24, 2.45) is 4.40 Å². The molecule has 0 fully saturated rings. The molecule has 13 heavy (non-hydrogen) atoms. The van der Waals surface area contributed by atoms with Crippen molar-refractivity contribution in [2.45, 2.75) is 0 Å². The Bertz CT molecular complexity index is 393. The van der Waals surface area contributed by atoms with Crippen LogP contribution in [0.25, 0.3) is 0 Å². The van der Waals surface area contributed by atoms with E-state index in [2.05, 4.69) is 9.71 Å². The minimum Gasteiger partial charge on any atom is -0.477 e. The molecule has 0 bridgehead atoms. The van der Waals surface area contributed by atoms with E-state index in [1.54, 1.807) is 7.05 Å². The molecule has 0 aromatic rings. The summed E-state index contributed by atoms with van der Waals surface area (Å²) in [4.78, 5) is 9.76. The van der Waals surface area contributed by atoms with Gasteiger partial charge in [-0.2, -0.15) is 12.8 Å². The van der Waals surface area contributed by atoms with Gasteiger partial charge in [0, 0.05) is 6.54 Å². The molecule has 0 amide bonds. The Hall–Kier alpha value is -1.21. The average Bonchev–Trinajstić information content (AvgIpc) is 2.26. The predicted octanol–water partition coefficient (Wildman–Crippen LogP) is -1.04. The van der Waals surface area contributed by atoms with Crippen molar-refractivity contribution in [3.8, 4) is 0 Å². The van der Waals surface area contributed by atoms with Crippen LogP contribution in [0.4, 0.5) is 0 Å². The summed E-state index contributed by atoms with van der Waals surface area (Å²) in [6, 6.07) is 0.